The molecule has 86 valence electrons. The number of hydrogen-bond donors (Lipinski definition) is 0. The third-order valence-electron chi connectivity index (χ3n) is 3.87. The van der Waals surface area contributed by atoms with Crippen LogP contribution < -0.4 is 0 Å². The van der Waals surface area contributed by atoms with Crippen LogP contribution in [-0.4, -0.2) is 42.5 Å². The summed E-state index contributed by atoms with van der Waals surface area (Å²) in [5.41, 5.74) is 0. The lowest BCUT2D eigenvalue weighted by atomic mass is 9.91. The van der Waals surface area contributed by atoms with Crippen molar-refractivity contribution in [1.29, 1.82) is 0 Å². The molecule has 0 spiro atoms. The van der Waals surface area contributed by atoms with Crippen LogP contribution in [0.1, 0.15) is 39.0 Å². The number of Topliss-reactive ketones (excluding diaryl/α,β-unsaturated/α-hetero) is 1. The highest BCUT2D eigenvalue weighted by atomic mass is 16.5. The number of likely N-dealkylation sites (N-methyl/N-ethyl adjacent to an activating group) is 1. The number of hydrogen-bond acceptors (Lipinski definition) is 3. The molecule has 1 saturated heterocycles. The predicted molar refractivity (Wildman–Crippen MR) is 58.8 cm³/mol. The van der Waals surface area contributed by atoms with Gasteiger partial charge in [0, 0.05) is 19.1 Å². The van der Waals surface area contributed by atoms with Crippen LogP contribution in [0.2, 0.25) is 0 Å². The summed E-state index contributed by atoms with van der Waals surface area (Å²) in [6.45, 7) is 2.96. The molecule has 0 aromatic heterocycles. The first kappa shape index (κ1) is 11.1. The quantitative estimate of drug-likeness (QED) is 0.695. The van der Waals surface area contributed by atoms with Crippen molar-refractivity contribution >= 4 is 5.78 Å². The molecule has 0 amide bonds. The first-order valence-corrected chi connectivity index (χ1v) is 6.06. The average Bonchev–Trinajstić information content (AvgIpc) is 2.64. The molecular weight excluding hydrogens is 190 g/mol. The van der Waals surface area contributed by atoms with Gasteiger partial charge in [-0.25, -0.2) is 0 Å². The van der Waals surface area contributed by atoms with Crippen molar-refractivity contribution in [3.8, 4) is 0 Å². The van der Waals surface area contributed by atoms with Crippen molar-refractivity contribution in [2.45, 2.75) is 57.2 Å². The van der Waals surface area contributed by atoms with E-state index in [0.29, 0.717) is 11.8 Å². The van der Waals surface area contributed by atoms with Gasteiger partial charge < -0.3 is 4.74 Å². The molecule has 0 aromatic rings. The highest BCUT2D eigenvalue weighted by molar-refractivity contribution is 5.84. The Kier molecular flexibility index (Phi) is 3.42. The highest BCUT2D eigenvalue weighted by Crippen LogP contribution is 2.25. The average molecular weight is 211 g/mol. The topological polar surface area (TPSA) is 29.5 Å². The maximum atomic E-state index is 11.8. The number of ketones is 1. The van der Waals surface area contributed by atoms with Gasteiger partial charge in [-0.1, -0.05) is 6.42 Å². The van der Waals surface area contributed by atoms with Crippen molar-refractivity contribution in [3.63, 3.8) is 0 Å². The standard InChI is InChI=1S/C12H21NO2/c1-9-10(7-8-15-9)13(2)11-5-3-4-6-12(11)14/h9-11H,3-8H2,1-2H3. The smallest absolute Gasteiger partial charge is 0.149 e. The molecule has 3 nitrogen and oxygen atoms in total. The second kappa shape index (κ2) is 4.62. The second-order valence-corrected chi connectivity index (χ2v) is 4.83. The van der Waals surface area contributed by atoms with Gasteiger partial charge in [-0.2, -0.15) is 0 Å². The van der Waals surface area contributed by atoms with E-state index in [1.807, 2.05) is 0 Å². The van der Waals surface area contributed by atoms with E-state index in [-0.39, 0.29) is 12.1 Å². The summed E-state index contributed by atoms with van der Waals surface area (Å²) in [7, 11) is 2.09. The number of ether oxygens (including phenoxy) is 1. The Labute approximate surface area is 91.8 Å². The van der Waals surface area contributed by atoms with Crippen LogP contribution in [0.25, 0.3) is 0 Å². The molecule has 0 aromatic carbocycles. The van der Waals surface area contributed by atoms with E-state index in [4.69, 9.17) is 4.74 Å². The Balaban J connectivity index is 1.99. The first-order chi connectivity index (χ1) is 7.20. The second-order valence-electron chi connectivity index (χ2n) is 4.83. The van der Waals surface area contributed by atoms with E-state index in [9.17, 15) is 4.79 Å². The molecule has 1 heterocycles. The van der Waals surface area contributed by atoms with Crippen LogP contribution in [0.15, 0.2) is 0 Å². The number of nitrogens with zero attached hydrogens (tertiary/aromatic N) is 1. The molecule has 3 unspecified atom stereocenters. The Bertz CT molecular complexity index is 242. The third kappa shape index (κ3) is 2.23. The van der Waals surface area contributed by atoms with Gasteiger partial charge >= 0.3 is 0 Å². The van der Waals surface area contributed by atoms with Crippen LogP contribution in [0.3, 0.4) is 0 Å². The molecule has 0 radical (unpaired) electrons. The highest BCUT2D eigenvalue weighted by Gasteiger charge is 2.35. The predicted octanol–water partition coefficient (Wildman–Crippen LogP) is 1.61. The van der Waals surface area contributed by atoms with Gasteiger partial charge in [-0.3, -0.25) is 9.69 Å². The van der Waals surface area contributed by atoms with Crippen molar-refractivity contribution < 1.29 is 9.53 Å². The lowest BCUT2D eigenvalue weighted by Gasteiger charge is -2.35. The SMILES string of the molecule is CC1OCCC1N(C)C1CCCCC1=O. The number of carbonyl (C=O) groups is 1. The molecule has 15 heavy (non-hydrogen) atoms. The van der Waals surface area contributed by atoms with Gasteiger partial charge in [0.15, 0.2) is 0 Å². The zero-order chi connectivity index (χ0) is 10.8. The van der Waals surface area contributed by atoms with Gasteiger partial charge in [0.2, 0.25) is 0 Å². The van der Waals surface area contributed by atoms with E-state index in [2.05, 4.69) is 18.9 Å². The van der Waals surface area contributed by atoms with Crippen LogP contribution >= 0.6 is 0 Å². The summed E-state index contributed by atoms with van der Waals surface area (Å²) >= 11 is 0. The van der Waals surface area contributed by atoms with Crippen LogP contribution in [0.4, 0.5) is 0 Å². The van der Waals surface area contributed by atoms with Crippen LogP contribution in [-0.2, 0) is 9.53 Å². The van der Waals surface area contributed by atoms with E-state index in [1.165, 1.54) is 6.42 Å². The molecular formula is C12H21NO2. The Morgan fingerprint density at radius 3 is 2.73 bits per heavy atom. The Hall–Kier alpha value is -0.410. The fourth-order valence-corrected chi connectivity index (χ4v) is 2.88. The molecule has 2 aliphatic rings. The van der Waals surface area contributed by atoms with E-state index < -0.39 is 0 Å². The third-order valence-corrected chi connectivity index (χ3v) is 3.87. The summed E-state index contributed by atoms with van der Waals surface area (Å²) in [5.74, 6) is 0.433. The lowest BCUT2D eigenvalue weighted by molar-refractivity contribution is -0.126. The molecule has 0 bridgehead atoms. The van der Waals surface area contributed by atoms with Crippen molar-refractivity contribution in [2.75, 3.05) is 13.7 Å². The summed E-state index contributed by atoms with van der Waals surface area (Å²) in [5, 5.41) is 0. The maximum absolute atomic E-state index is 11.8. The molecule has 1 aliphatic carbocycles. The number of carbonyl (C=O) groups excluding carboxylic acids is 1. The molecule has 2 rings (SSSR count). The summed E-state index contributed by atoms with van der Waals surface area (Å²) in [6, 6.07) is 0.602. The van der Waals surface area contributed by atoms with Crippen molar-refractivity contribution in [3.05, 3.63) is 0 Å². The molecule has 3 atom stereocenters. The van der Waals surface area contributed by atoms with Gasteiger partial charge in [0.25, 0.3) is 0 Å². The van der Waals surface area contributed by atoms with Crippen molar-refractivity contribution in [2.24, 2.45) is 0 Å². The minimum atomic E-state index is 0.160. The zero-order valence-corrected chi connectivity index (χ0v) is 9.74. The monoisotopic (exact) mass is 211 g/mol. The fourth-order valence-electron chi connectivity index (χ4n) is 2.88. The molecule has 1 aliphatic heterocycles. The molecule has 1 saturated carbocycles. The molecule has 0 N–H and O–H groups in total. The summed E-state index contributed by atoms with van der Waals surface area (Å²) in [6.07, 6.45) is 5.45. The van der Waals surface area contributed by atoms with Gasteiger partial charge in [-0.15, -0.1) is 0 Å². The Morgan fingerprint density at radius 2 is 2.13 bits per heavy atom. The lowest BCUT2D eigenvalue weighted by Crippen LogP contribution is -2.48. The van der Waals surface area contributed by atoms with Crippen LogP contribution in [0, 0.1) is 0 Å². The maximum Gasteiger partial charge on any atom is 0.149 e. The fraction of sp³-hybridized carbons (Fsp3) is 0.917. The van der Waals surface area contributed by atoms with Gasteiger partial charge in [0.05, 0.1) is 12.1 Å². The van der Waals surface area contributed by atoms with E-state index >= 15 is 0 Å². The zero-order valence-electron chi connectivity index (χ0n) is 9.74. The minimum absolute atomic E-state index is 0.160. The van der Waals surface area contributed by atoms with Crippen molar-refractivity contribution in [1.82, 2.24) is 4.90 Å². The van der Waals surface area contributed by atoms with Gasteiger partial charge in [-0.05, 0) is 33.2 Å². The normalized spacial score (nSPS) is 37.5. The van der Waals surface area contributed by atoms with Crippen LogP contribution in [0.5, 0.6) is 0 Å². The molecule has 3 heteroatoms. The summed E-state index contributed by atoms with van der Waals surface area (Å²) < 4.78 is 5.56. The van der Waals surface area contributed by atoms with E-state index in [0.717, 1.165) is 32.3 Å². The molecule has 2 fully saturated rings. The van der Waals surface area contributed by atoms with E-state index in [1.54, 1.807) is 0 Å². The number of rotatable bonds is 2. The minimum Gasteiger partial charge on any atom is -0.377 e. The largest absolute Gasteiger partial charge is 0.377 e. The first-order valence-electron chi connectivity index (χ1n) is 6.06. The Morgan fingerprint density at radius 1 is 1.33 bits per heavy atom. The summed E-state index contributed by atoms with van der Waals surface area (Å²) in [4.78, 5) is 14.1. The van der Waals surface area contributed by atoms with Gasteiger partial charge in [0.1, 0.15) is 5.78 Å².